The van der Waals surface area contributed by atoms with Crippen molar-refractivity contribution in [1.82, 2.24) is 5.32 Å². The molecule has 0 heterocycles. The van der Waals surface area contributed by atoms with Gasteiger partial charge in [-0.3, -0.25) is 4.79 Å². The summed E-state index contributed by atoms with van der Waals surface area (Å²) in [7, 11) is 0. The maximum atomic E-state index is 13.2. The fourth-order valence-electron chi connectivity index (χ4n) is 2.74. The van der Waals surface area contributed by atoms with Gasteiger partial charge in [0.15, 0.2) is 11.6 Å². The molecule has 2 rings (SSSR count). The Kier molecular flexibility index (Phi) is 4.70. The second-order valence-electron chi connectivity index (χ2n) is 5.45. The molecule has 1 aliphatic carbocycles. The second kappa shape index (κ2) is 6.31. The van der Waals surface area contributed by atoms with E-state index in [9.17, 15) is 13.6 Å². The standard InChI is InChI=1S/C15H19F2NO2/c1-9(11-4-7-13(16)14(17)8-11)18-12-5-2-10(3-6-12)15(19)20/h4,7-10,12,18H,2-3,5-6H2,1H3,(H,19,20). The van der Waals surface area contributed by atoms with Crippen LogP contribution in [-0.2, 0) is 4.79 Å². The van der Waals surface area contributed by atoms with Gasteiger partial charge in [0.1, 0.15) is 0 Å². The van der Waals surface area contributed by atoms with Crippen LogP contribution in [0.4, 0.5) is 8.78 Å². The summed E-state index contributed by atoms with van der Waals surface area (Å²) in [5, 5.41) is 12.3. The molecule has 110 valence electrons. The van der Waals surface area contributed by atoms with Crippen LogP contribution in [0.2, 0.25) is 0 Å². The van der Waals surface area contributed by atoms with E-state index >= 15 is 0 Å². The van der Waals surface area contributed by atoms with Crippen molar-refractivity contribution in [2.75, 3.05) is 0 Å². The van der Waals surface area contributed by atoms with E-state index < -0.39 is 17.6 Å². The van der Waals surface area contributed by atoms with Gasteiger partial charge in [0.25, 0.3) is 0 Å². The molecule has 5 heteroatoms. The summed E-state index contributed by atoms with van der Waals surface area (Å²) in [6, 6.07) is 4.05. The Morgan fingerprint density at radius 3 is 2.45 bits per heavy atom. The lowest BCUT2D eigenvalue weighted by atomic mass is 9.85. The van der Waals surface area contributed by atoms with Crippen molar-refractivity contribution in [2.45, 2.75) is 44.7 Å². The van der Waals surface area contributed by atoms with E-state index in [0.717, 1.165) is 18.9 Å². The topological polar surface area (TPSA) is 49.3 Å². The van der Waals surface area contributed by atoms with Crippen molar-refractivity contribution in [1.29, 1.82) is 0 Å². The van der Waals surface area contributed by atoms with Gasteiger partial charge in [-0.1, -0.05) is 6.07 Å². The van der Waals surface area contributed by atoms with Gasteiger partial charge < -0.3 is 10.4 Å². The first-order valence-electron chi connectivity index (χ1n) is 6.91. The van der Waals surface area contributed by atoms with E-state index in [1.54, 1.807) is 6.07 Å². The number of carboxylic acids is 1. The minimum Gasteiger partial charge on any atom is -0.481 e. The summed E-state index contributed by atoms with van der Waals surface area (Å²) < 4.78 is 26.1. The Morgan fingerprint density at radius 2 is 1.90 bits per heavy atom. The zero-order chi connectivity index (χ0) is 14.7. The molecule has 0 amide bonds. The van der Waals surface area contributed by atoms with Gasteiger partial charge in [0.05, 0.1) is 5.92 Å². The third kappa shape index (κ3) is 3.54. The molecule has 0 aromatic heterocycles. The van der Waals surface area contributed by atoms with Crippen LogP contribution in [0.5, 0.6) is 0 Å². The molecule has 1 aliphatic rings. The van der Waals surface area contributed by atoms with Gasteiger partial charge in [-0.2, -0.15) is 0 Å². The predicted molar refractivity (Wildman–Crippen MR) is 71.3 cm³/mol. The lowest BCUT2D eigenvalue weighted by Gasteiger charge is -2.29. The van der Waals surface area contributed by atoms with Crippen LogP contribution in [0.1, 0.15) is 44.2 Å². The zero-order valence-electron chi connectivity index (χ0n) is 11.4. The lowest BCUT2D eigenvalue weighted by molar-refractivity contribution is -0.142. The summed E-state index contributed by atoms with van der Waals surface area (Å²) in [5.74, 6) is -2.66. The number of carbonyl (C=O) groups is 1. The SMILES string of the molecule is CC(NC1CCC(C(=O)O)CC1)c1ccc(F)c(F)c1. The average molecular weight is 283 g/mol. The van der Waals surface area contributed by atoms with Crippen LogP contribution >= 0.6 is 0 Å². The van der Waals surface area contributed by atoms with E-state index in [1.807, 2.05) is 6.92 Å². The molecule has 0 spiro atoms. The highest BCUT2D eigenvalue weighted by Crippen LogP contribution is 2.26. The number of benzene rings is 1. The fourth-order valence-corrected chi connectivity index (χ4v) is 2.74. The normalized spacial score (nSPS) is 24.4. The number of aliphatic carboxylic acids is 1. The van der Waals surface area contributed by atoms with E-state index in [-0.39, 0.29) is 18.0 Å². The van der Waals surface area contributed by atoms with Crippen LogP contribution in [0.25, 0.3) is 0 Å². The van der Waals surface area contributed by atoms with Crippen LogP contribution in [-0.4, -0.2) is 17.1 Å². The molecule has 3 nitrogen and oxygen atoms in total. The largest absolute Gasteiger partial charge is 0.481 e. The summed E-state index contributed by atoms with van der Waals surface area (Å²) >= 11 is 0. The first-order valence-corrected chi connectivity index (χ1v) is 6.91. The molecule has 0 bridgehead atoms. The van der Waals surface area contributed by atoms with Crippen molar-refractivity contribution >= 4 is 5.97 Å². The highest BCUT2D eigenvalue weighted by Gasteiger charge is 2.26. The molecule has 1 unspecified atom stereocenters. The Morgan fingerprint density at radius 1 is 1.25 bits per heavy atom. The maximum absolute atomic E-state index is 13.2. The molecule has 1 fully saturated rings. The highest BCUT2D eigenvalue weighted by molar-refractivity contribution is 5.70. The Balaban J connectivity index is 1.90. The smallest absolute Gasteiger partial charge is 0.306 e. The van der Waals surface area contributed by atoms with E-state index in [1.165, 1.54) is 6.07 Å². The Hall–Kier alpha value is -1.49. The highest BCUT2D eigenvalue weighted by atomic mass is 19.2. The van der Waals surface area contributed by atoms with Crippen molar-refractivity contribution in [3.8, 4) is 0 Å². The van der Waals surface area contributed by atoms with Crippen molar-refractivity contribution < 1.29 is 18.7 Å². The predicted octanol–water partition coefficient (Wildman–Crippen LogP) is 3.26. The molecular weight excluding hydrogens is 264 g/mol. The summed E-state index contributed by atoms with van der Waals surface area (Å²) in [5.41, 5.74) is 0.698. The lowest BCUT2D eigenvalue weighted by Crippen LogP contribution is -2.36. The molecule has 20 heavy (non-hydrogen) atoms. The molecule has 1 atom stereocenters. The first-order chi connectivity index (χ1) is 9.47. The quantitative estimate of drug-likeness (QED) is 0.891. The van der Waals surface area contributed by atoms with Crippen LogP contribution in [0.15, 0.2) is 18.2 Å². The van der Waals surface area contributed by atoms with Crippen molar-refractivity contribution in [3.05, 3.63) is 35.4 Å². The maximum Gasteiger partial charge on any atom is 0.306 e. The average Bonchev–Trinajstić information content (AvgIpc) is 2.42. The number of hydrogen-bond acceptors (Lipinski definition) is 2. The fraction of sp³-hybridized carbons (Fsp3) is 0.533. The summed E-state index contributed by atoms with van der Waals surface area (Å²) in [4.78, 5) is 10.9. The number of hydrogen-bond donors (Lipinski definition) is 2. The number of nitrogens with one attached hydrogen (secondary N) is 1. The number of halogens is 2. The number of carboxylic acid groups (broad SMARTS) is 1. The van der Waals surface area contributed by atoms with E-state index in [0.29, 0.717) is 18.4 Å². The van der Waals surface area contributed by atoms with Gasteiger partial charge in [0.2, 0.25) is 0 Å². The molecule has 1 aromatic carbocycles. The van der Waals surface area contributed by atoms with Crippen molar-refractivity contribution in [3.63, 3.8) is 0 Å². The second-order valence-corrected chi connectivity index (χ2v) is 5.45. The molecule has 0 aliphatic heterocycles. The van der Waals surface area contributed by atoms with Crippen LogP contribution in [0, 0.1) is 17.6 Å². The molecule has 2 N–H and O–H groups in total. The third-order valence-corrected chi connectivity index (χ3v) is 4.01. The van der Waals surface area contributed by atoms with E-state index in [4.69, 9.17) is 5.11 Å². The molecule has 0 radical (unpaired) electrons. The minimum absolute atomic E-state index is 0.0866. The van der Waals surface area contributed by atoms with Crippen molar-refractivity contribution in [2.24, 2.45) is 5.92 Å². The zero-order valence-corrected chi connectivity index (χ0v) is 11.4. The van der Waals surface area contributed by atoms with E-state index in [2.05, 4.69) is 5.32 Å². The van der Waals surface area contributed by atoms with Gasteiger partial charge in [-0.05, 0) is 50.3 Å². The van der Waals surface area contributed by atoms with Gasteiger partial charge >= 0.3 is 5.97 Å². The number of rotatable bonds is 4. The summed E-state index contributed by atoms with van der Waals surface area (Å²) in [6.45, 7) is 1.90. The molecule has 0 saturated heterocycles. The molecule has 1 aromatic rings. The van der Waals surface area contributed by atoms with Gasteiger partial charge in [-0.15, -0.1) is 0 Å². The minimum atomic E-state index is -0.845. The van der Waals surface area contributed by atoms with Crippen LogP contribution < -0.4 is 5.32 Å². The van der Waals surface area contributed by atoms with Gasteiger partial charge in [-0.25, -0.2) is 8.78 Å². The monoisotopic (exact) mass is 283 g/mol. The third-order valence-electron chi connectivity index (χ3n) is 4.01. The molecule has 1 saturated carbocycles. The molecular formula is C15H19F2NO2. The van der Waals surface area contributed by atoms with Gasteiger partial charge in [0, 0.05) is 12.1 Å². The first kappa shape index (κ1) is 14.9. The Bertz CT molecular complexity index is 485. The van der Waals surface area contributed by atoms with Crippen LogP contribution in [0.3, 0.4) is 0 Å². The Labute approximate surface area is 117 Å². The summed E-state index contributed by atoms with van der Waals surface area (Å²) in [6.07, 6.45) is 2.92.